The van der Waals surface area contributed by atoms with Gasteiger partial charge in [0, 0.05) is 5.69 Å². The average molecular weight is 540 g/mol. The average Bonchev–Trinajstić information content (AvgIpc) is 3.61. The first-order chi connectivity index (χ1) is 18.3. The van der Waals surface area contributed by atoms with Gasteiger partial charge in [0.05, 0.1) is 11.5 Å². The molecule has 3 aliphatic rings. The lowest BCUT2D eigenvalue weighted by molar-refractivity contribution is -0.286. The van der Waals surface area contributed by atoms with Gasteiger partial charge >= 0.3 is 6.29 Å². The number of alkyl halides is 2. The second-order valence-corrected chi connectivity index (χ2v) is 12.6. The first-order valence-corrected chi connectivity index (χ1v) is 14.1. The highest BCUT2D eigenvalue weighted by atomic mass is 19.3. The Morgan fingerprint density at radius 1 is 1.13 bits per heavy atom. The summed E-state index contributed by atoms with van der Waals surface area (Å²) in [6.45, 7) is 11.0. The fourth-order valence-electron chi connectivity index (χ4n) is 6.03. The molecule has 7 heteroatoms. The smallest absolute Gasteiger partial charge is 0.395 e. The molecule has 2 aromatic carbocycles. The van der Waals surface area contributed by atoms with E-state index in [-0.39, 0.29) is 34.8 Å². The summed E-state index contributed by atoms with van der Waals surface area (Å²) in [6.07, 6.45) is 3.00. The van der Waals surface area contributed by atoms with Crippen molar-refractivity contribution in [2.45, 2.75) is 96.9 Å². The number of anilines is 1. The number of aliphatic hydroxyl groups is 1. The zero-order valence-electron chi connectivity index (χ0n) is 23.4. The lowest BCUT2D eigenvalue weighted by Gasteiger charge is -2.30. The zero-order valence-corrected chi connectivity index (χ0v) is 23.4. The van der Waals surface area contributed by atoms with E-state index < -0.39 is 11.7 Å². The molecule has 0 spiro atoms. The maximum absolute atomic E-state index is 13.5. The summed E-state index contributed by atoms with van der Waals surface area (Å²) in [6, 6.07) is 10.7. The van der Waals surface area contributed by atoms with Crippen LogP contribution in [-0.2, 0) is 10.2 Å². The van der Waals surface area contributed by atoms with Gasteiger partial charge in [0.1, 0.15) is 0 Å². The molecule has 5 rings (SSSR count). The van der Waals surface area contributed by atoms with E-state index in [4.69, 9.17) is 0 Å². The summed E-state index contributed by atoms with van der Waals surface area (Å²) in [5.41, 5.74) is 4.20. The van der Waals surface area contributed by atoms with Crippen LogP contribution in [0.15, 0.2) is 42.0 Å². The number of ether oxygens (including phenoxy) is 2. The van der Waals surface area contributed by atoms with Crippen molar-refractivity contribution < 1.29 is 28.2 Å². The normalized spacial score (nSPS) is 23.3. The summed E-state index contributed by atoms with van der Waals surface area (Å²) < 4.78 is 36.1. The Kier molecular flexibility index (Phi) is 7.03. The maximum Gasteiger partial charge on any atom is 0.586 e. The largest absolute Gasteiger partial charge is 0.586 e. The minimum absolute atomic E-state index is 0.0250. The lowest BCUT2D eigenvalue weighted by Crippen LogP contribution is -2.28. The monoisotopic (exact) mass is 539 g/mol. The molecule has 1 heterocycles. The fraction of sp³-hybridized carbons (Fsp3) is 0.531. The molecule has 2 aromatic rings. The molecule has 3 atom stereocenters. The lowest BCUT2D eigenvalue weighted by atomic mass is 9.76. The van der Waals surface area contributed by atoms with Gasteiger partial charge in [-0.25, -0.2) is 0 Å². The molecule has 5 nitrogen and oxygen atoms in total. The van der Waals surface area contributed by atoms with Gasteiger partial charge in [0.15, 0.2) is 11.5 Å². The van der Waals surface area contributed by atoms with E-state index >= 15 is 0 Å². The van der Waals surface area contributed by atoms with Crippen LogP contribution in [0.2, 0.25) is 0 Å². The van der Waals surface area contributed by atoms with Crippen LogP contribution >= 0.6 is 0 Å². The van der Waals surface area contributed by atoms with Gasteiger partial charge < -0.3 is 19.9 Å². The highest BCUT2D eigenvalue weighted by molar-refractivity contribution is 6.01. The molecule has 1 saturated carbocycles. The van der Waals surface area contributed by atoms with E-state index in [1.807, 2.05) is 12.1 Å². The van der Waals surface area contributed by atoms with Crippen LogP contribution in [0.5, 0.6) is 11.5 Å². The third-order valence-corrected chi connectivity index (χ3v) is 8.65. The second-order valence-electron chi connectivity index (χ2n) is 12.6. The molecule has 0 radical (unpaired) electrons. The Balaban J connectivity index is 1.40. The Labute approximate surface area is 229 Å². The molecule has 210 valence electrons. The van der Waals surface area contributed by atoms with Crippen LogP contribution < -0.4 is 14.8 Å². The number of carbonyl (C=O) groups is 1. The number of allylic oxidation sites excluding steroid dienone is 1. The molecular formula is C32H39F2NO4. The third-order valence-electron chi connectivity index (χ3n) is 8.65. The molecule has 39 heavy (non-hydrogen) atoms. The van der Waals surface area contributed by atoms with Crippen molar-refractivity contribution in [3.05, 3.63) is 58.7 Å². The van der Waals surface area contributed by atoms with Crippen LogP contribution in [0.3, 0.4) is 0 Å². The van der Waals surface area contributed by atoms with Gasteiger partial charge in [-0.2, -0.15) is 0 Å². The van der Waals surface area contributed by atoms with Crippen LogP contribution in [-0.4, -0.2) is 23.4 Å². The number of fused-ring (bicyclic) bond motifs is 2. The van der Waals surface area contributed by atoms with Crippen LogP contribution in [0.1, 0.15) is 95.8 Å². The summed E-state index contributed by atoms with van der Waals surface area (Å²) >= 11 is 0. The van der Waals surface area contributed by atoms with Gasteiger partial charge in [0.25, 0.3) is 0 Å². The molecule has 1 amide bonds. The van der Waals surface area contributed by atoms with Gasteiger partial charge in [0.2, 0.25) is 5.91 Å². The predicted octanol–water partition coefficient (Wildman–Crippen LogP) is 7.78. The number of amides is 1. The van der Waals surface area contributed by atoms with E-state index in [2.05, 4.69) is 61.6 Å². The fourth-order valence-corrected chi connectivity index (χ4v) is 6.03. The SMILES string of the molecule is CCCC(O)CC1CC(C(C)(C)C)=Cc2cc(NC(=O)C3(c4ccc5c(c4)OC(F)(F)O5)CC3)ccc2C1C. The number of nitrogens with one attached hydrogen (secondary N) is 1. The summed E-state index contributed by atoms with van der Waals surface area (Å²) in [5, 5.41) is 13.7. The first kappa shape index (κ1) is 27.6. The van der Waals surface area contributed by atoms with Crippen molar-refractivity contribution in [2.24, 2.45) is 11.3 Å². The minimum atomic E-state index is -3.69. The Hall–Kier alpha value is -2.93. The van der Waals surface area contributed by atoms with Crippen molar-refractivity contribution in [2.75, 3.05) is 5.32 Å². The summed E-state index contributed by atoms with van der Waals surface area (Å²) in [7, 11) is 0. The first-order valence-electron chi connectivity index (χ1n) is 14.1. The number of aliphatic hydroxyl groups excluding tert-OH is 1. The van der Waals surface area contributed by atoms with Gasteiger partial charge in [-0.15, -0.1) is 8.78 Å². The zero-order chi connectivity index (χ0) is 28.2. The standard InChI is InChI=1S/C32H39F2NO4/c1-6-7-25(36)17-20-14-23(30(3,4)5)15-21-16-24(9-10-26(21)19(20)2)35-29(37)31(12-13-31)22-8-11-27-28(18-22)39-32(33,34)38-27/h8-11,15-16,18-20,25,36H,6-7,12-14,17H2,1-5H3,(H,35,37). The topological polar surface area (TPSA) is 67.8 Å². The molecule has 0 aromatic heterocycles. The van der Waals surface area contributed by atoms with Gasteiger partial charge in [-0.1, -0.05) is 64.8 Å². The number of benzene rings is 2. The highest BCUT2D eigenvalue weighted by Gasteiger charge is 2.53. The number of rotatable bonds is 7. The van der Waals surface area contributed by atoms with Crippen molar-refractivity contribution >= 4 is 17.7 Å². The predicted molar refractivity (Wildman–Crippen MR) is 148 cm³/mol. The van der Waals surface area contributed by atoms with Gasteiger partial charge in [-0.05, 0) is 90.3 Å². The highest BCUT2D eigenvalue weighted by Crippen LogP contribution is 2.52. The van der Waals surface area contributed by atoms with Crippen molar-refractivity contribution in [1.29, 1.82) is 0 Å². The minimum Gasteiger partial charge on any atom is -0.395 e. The second kappa shape index (κ2) is 9.92. The van der Waals surface area contributed by atoms with Crippen LogP contribution in [0, 0.1) is 11.3 Å². The molecule has 1 aliphatic heterocycles. The molecule has 1 fully saturated rings. The Morgan fingerprint density at radius 3 is 2.51 bits per heavy atom. The Morgan fingerprint density at radius 2 is 1.85 bits per heavy atom. The molecule has 3 unspecified atom stereocenters. The number of hydrogen-bond acceptors (Lipinski definition) is 4. The molecule has 0 bridgehead atoms. The number of hydrogen-bond donors (Lipinski definition) is 2. The quantitative estimate of drug-likeness (QED) is 0.377. The van der Waals surface area contributed by atoms with E-state index in [1.165, 1.54) is 23.3 Å². The van der Waals surface area contributed by atoms with Gasteiger partial charge in [-0.3, -0.25) is 4.79 Å². The van der Waals surface area contributed by atoms with Crippen molar-refractivity contribution in [3.63, 3.8) is 0 Å². The summed E-state index contributed by atoms with van der Waals surface area (Å²) in [5.74, 6) is 0.354. The van der Waals surface area contributed by atoms with E-state index in [0.29, 0.717) is 30.0 Å². The third kappa shape index (κ3) is 5.56. The van der Waals surface area contributed by atoms with E-state index in [0.717, 1.165) is 31.2 Å². The van der Waals surface area contributed by atoms with Crippen LogP contribution in [0.4, 0.5) is 14.5 Å². The molecular weight excluding hydrogens is 500 g/mol. The van der Waals surface area contributed by atoms with E-state index in [1.54, 1.807) is 6.07 Å². The molecule has 2 N–H and O–H groups in total. The molecule has 2 aliphatic carbocycles. The maximum atomic E-state index is 13.5. The van der Waals surface area contributed by atoms with E-state index in [9.17, 15) is 18.7 Å². The Bertz CT molecular complexity index is 1290. The number of carbonyl (C=O) groups excluding carboxylic acids is 1. The number of halogens is 2. The van der Waals surface area contributed by atoms with Crippen LogP contribution in [0.25, 0.3) is 6.08 Å². The summed E-state index contributed by atoms with van der Waals surface area (Å²) in [4.78, 5) is 13.5. The molecule has 0 saturated heterocycles. The van der Waals surface area contributed by atoms with Crippen molar-refractivity contribution in [3.8, 4) is 11.5 Å². The van der Waals surface area contributed by atoms with Crippen molar-refractivity contribution in [1.82, 2.24) is 0 Å².